The highest BCUT2D eigenvalue weighted by Gasteiger charge is 2.28. The average molecular weight is 454 g/mol. The summed E-state index contributed by atoms with van der Waals surface area (Å²) < 4.78 is 31.5. The maximum absolute atomic E-state index is 12.9. The molecule has 0 spiro atoms. The Balaban J connectivity index is 1.40. The molecule has 1 aliphatic heterocycles. The van der Waals surface area contributed by atoms with Crippen LogP contribution in [0.25, 0.3) is 33.6 Å². The van der Waals surface area contributed by atoms with Gasteiger partial charge in [-0.3, -0.25) is 4.98 Å². The van der Waals surface area contributed by atoms with Crippen LogP contribution < -0.4 is 5.32 Å². The molecule has 1 aromatic carbocycles. The van der Waals surface area contributed by atoms with Gasteiger partial charge in [-0.15, -0.1) is 21.5 Å². The summed E-state index contributed by atoms with van der Waals surface area (Å²) in [5.41, 5.74) is 1.81. The predicted molar refractivity (Wildman–Crippen MR) is 117 cm³/mol. The summed E-state index contributed by atoms with van der Waals surface area (Å²) in [6.45, 7) is 1.37. The summed E-state index contributed by atoms with van der Waals surface area (Å²) in [4.78, 5) is 10.0. The van der Waals surface area contributed by atoms with Crippen LogP contribution in [0.2, 0.25) is 0 Å². The van der Waals surface area contributed by atoms with E-state index in [1.807, 2.05) is 17.5 Å². The number of aromatic nitrogens is 4. The van der Waals surface area contributed by atoms with Crippen molar-refractivity contribution in [3.63, 3.8) is 0 Å². The lowest BCUT2D eigenvalue weighted by molar-refractivity contribution is 0.497. The Bertz CT molecular complexity index is 1280. The molecule has 0 amide bonds. The van der Waals surface area contributed by atoms with Gasteiger partial charge in [0.25, 0.3) is 11.8 Å². The Morgan fingerprint density at radius 3 is 2.58 bits per heavy atom. The Morgan fingerprint density at radius 1 is 1.03 bits per heavy atom. The Labute approximate surface area is 183 Å². The van der Waals surface area contributed by atoms with Gasteiger partial charge >= 0.3 is 0 Å². The van der Waals surface area contributed by atoms with Gasteiger partial charge in [0.1, 0.15) is 5.69 Å². The maximum atomic E-state index is 12.9. The summed E-state index contributed by atoms with van der Waals surface area (Å²) in [6, 6.07) is 10.6. The summed E-state index contributed by atoms with van der Waals surface area (Å²) >= 11 is 1.51. The first-order valence-electron chi connectivity index (χ1n) is 9.86. The minimum atomic E-state index is -3.36. The van der Waals surface area contributed by atoms with Crippen LogP contribution in [0, 0.1) is 0 Å². The molecule has 5 rings (SSSR count). The summed E-state index contributed by atoms with van der Waals surface area (Å²) in [6.07, 6.45) is 4.73. The quantitative estimate of drug-likeness (QED) is 0.489. The van der Waals surface area contributed by atoms with E-state index in [-0.39, 0.29) is 11.1 Å². The lowest BCUT2D eigenvalue weighted by atomic mass is 10.1. The molecule has 8 nitrogen and oxygen atoms in total. The van der Waals surface area contributed by atoms with Crippen LogP contribution in [0.15, 0.2) is 63.5 Å². The minimum Gasteiger partial charge on any atom is -0.414 e. The van der Waals surface area contributed by atoms with Gasteiger partial charge in [-0.2, -0.15) is 0 Å². The van der Waals surface area contributed by atoms with E-state index >= 15 is 0 Å². The molecule has 0 radical (unpaired) electrons. The monoisotopic (exact) mass is 453 g/mol. The summed E-state index contributed by atoms with van der Waals surface area (Å²) in [5.74, 6) is 0.714. The zero-order valence-electron chi connectivity index (χ0n) is 16.4. The number of hydrogen-bond donors (Lipinski definition) is 1. The zero-order chi connectivity index (χ0) is 21.3. The van der Waals surface area contributed by atoms with Crippen molar-refractivity contribution < 1.29 is 12.8 Å². The first-order valence-corrected chi connectivity index (χ1v) is 12.3. The molecule has 4 aromatic rings. The Kier molecular flexibility index (Phi) is 5.34. The topological polar surface area (TPSA) is 111 Å². The molecule has 31 heavy (non-hydrogen) atoms. The number of sulfone groups is 1. The molecular weight excluding hydrogens is 434 g/mol. The molecule has 3 aromatic heterocycles. The van der Waals surface area contributed by atoms with Gasteiger partial charge in [0.15, 0.2) is 9.84 Å². The maximum Gasteiger partial charge on any atom is 0.268 e. The van der Waals surface area contributed by atoms with Gasteiger partial charge in [0.05, 0.1) is 33.1 Å². The van der Waals surface area contributed by atoms with Crippen LogP contribution in [-0.4, -0.2) is 46.9 Å². The number of benzene rings is 1. The second-order valence-corrected chi connectivity index (χ2v) is 10.4. The molecule has 1 saturated heterocycles. The molecule has 0 aliphatic carbocycles. The molecule has 1 unspecified atom stereocenters. The van der Waals surface area contributed by atoms with Crippen LogP contribution in [0.4, 0.5) is 0 Å². The van der Waals surface area contributed by atoms with Crippen molar-refractivity contribution in [3.05, 3.63) is 54.2 Å². The number of hydrogen-bond acceptors (Lipinski definition) is 9. The predicted octanol–water partition coefficient (Wildman–Crippen LogP) is 3.45. The average Bonchev–Trinajstić information content (AvgIpc) is 3.52. The molecule has 4 heterocycles. The normalized spacial score (nSPS) is 17.0. The third-order valence-electron chi connectivity index (χ3n) is 5.18. The SMILES string of the molecule is O=S(=O)(c1ccc(-c2cncc(-c3nnc(-c4cccs4)o3)n2)cc1)C1CCCNC1. The van der Waals surface area contributed by atoms with Crippen LogP contribution in [-0.2, 0) is 9.84 Å². The standard InChI is InChI=1S/C21H19N5O3S2/c27-31(28,16-3-1-9-22-11-16)15-7-5-14(6-8-15)17-12-23-13-18(24-17)20-25-26-21(29-20)19-4-2-10-30-19/h2,4-8,10,12-13,16,22H,1,3,9,11H2. The Hall–Kier alpha value is -2.95. The van der Waals surface area contributed by atoms with Gasteiger partial charge in [0, 0.05) is 12.1 Å². The van der Waals surface area contributed by atoms with Gasteiger partial charge < -0.3 is 9.73 Å². The number of nitrogens with one attached hydrogen (secondary N) is 1. The first kappa shape index (κ1) is 20.0. The minimum absolute atomic E-state index is 0.279. The van der Waals surface area contributed by atoms with Gasteiger partial charge in [-0.05, 0) is 43.0 Å². The molecule has 10 heteroatoms. The van der Waals surface area contributed by atoms with Crippen molar-refractivity contribution in [1.29, 1.82) is 0 Å². The fourth-order valence-electron chi connectivity index (χ4n) is 3.53. The molecule has 1 atom stereocenters. The largest absolute Gasteiger partial charge is 0.414 e. The molecule has 1 N–H and O–H groups in total. The smallest absolute Gasteiger partial charge is 0.268 e. The third kappa shape index (κ3) is 4.01. The van der Waals surface area contributed by atoms with Gasteiger partial charge in [-0.1, -0.05) is 18.2 Å². The van der Waals surface area contributed by atoms with Crippen molar-refractivity contribution in [3.8, 4) is 33.6 Å². The van der Waals surface area contributed by atoms with Crippen molar-refractivity contribution >= 4 is 21.2 Å². The highest BCUT2D eigenvalue weighted by atomic mass is 32.2. The number of nitrogens with zero attached hydrogens (tertiary/aromatic N) is 4. The summed E-state index contributed by atoms with van der Waals surface area (Å²) in [7, 11) is -3.36. The fourth-order valence-corrected chi connectivity index (χ4v) is 5.89. The molecule has 1 fully saturated rings. The molecule has 0 bridgehead atoms. The summed E-state index contributed by atoms with van der Waals surface area (Å²) in [5, 5.41) is 12.9. The second kappa shape index (κ2) is 8.29. The van der Waals surface area contributed by atoms with E-state index in [1.165, 1.54) is 11.3 Å². The fraction of sp³-hybridized carbons (Fsp3) is 0.238. The highest BCUT2D eigenvalue weighted by molar-refractivity contribution is 7.92. The molecule has 1 aliphatic rings. The third-order valence-corrected chi connectivity index (χ3v) is 8.25. The first-order chi connectivity index (χ1) is 15.1. The number of piperidine rings is 1. The zero-order valence-corrected chi connectivity index (χ0v) is 18.1. The number of rotatable bonds is 5. The van der Waals surface area contributed by atoms with Crippen LogP contribution >= 0.6 is 11.3 Å². The van der Waals surface area contributed by atoms with E-state index in [9.17, 15) is 8.42 Å². The van der Waals surface area contributed by atoms with Crippen LogP contribution in [0.1, 0.15) is 12.8 Å². The van der Waals surface area contributed by atoms with E-state index < -0.39 is 9.84 Å². The highest BCUT2D eigenvalue weighted by Crippen LogP contribution is 2.28. The molecular formula is C21H19N5O3S2. The van der Waals surface area contributed by atoms with E-state index in [0.29, 0.717) is 35.1 Å². The van der Waals surface area contributed by atoms with Gasteiger partial charge in [-0.25, -0.2) is 13.4 Å². The molecule has 158 valence electrons. The second-order valence-electron chi connectivity index (χ2n) is 7.22. The molecule has 0 saturated carbocycles. The Morgan fingerprint density at radius 2 is 1.84 bits per heavy atom. The van der Waals surface area contributed by atoms with E-state index in [1.54, 1.807) is 36.7 Å². The van der Waals surface area contributed by atoms with Crippen molar-refractivity contribution in [2.75, 3.05) is 13.1 Å². The number of thiophene rings is 1. The van der Waals surface area contributed by atoms with Crippen molar-refractivity contribution in [2.24, 2.45) is 0 Å². The van der Waals surface area contributed by atoms with Gasteiger partial charge in [0.2, 0.25) is 0 Å². The lowest BCUT2D eigenvalue weighted by Crippen LogP contribution is -2.38. The van der Waals surface area contributed by atoms with Crippen molar-refractivity contribution in [2.45, 2.75) is 23.0 Å². The van der Waals surface area contributed by atoms with E-state index in [2.05, 4.69) is 25.5 Å². The van der Waals surface area contributed by atoms with Crippen LogP contribution in [0.3, 0.4) is 0 Å². The van der Waals surface area contributed by atoms with Crippen LogP contribution in [0.5, 0.6) is 0 Å². The lowest BCUT2D eigenvalue weighted by Gasteiger charge is -2.22. The van der Waals surface area contributed by atoms with Crippen molar-refractivity contribution in [1.82, 2.24) is 25.5 Å². The van der Waals surface area contributed by atoms with E-state index in [0.717, 1.165) is 23.4 Å². The van der Waals surface area contributed by atoms with E-state index in [4.69, 9.17) is 4.42 Å².